The summed E-state index contributed by atoms with van der Waals surface area (Å²) in [5.74, 6) is 0.620. The van der Waals surface area contributed by atoms with E-state index >= 15 is 0 Å². The maximum absolute atomic E-state index is 13.2. The highest BCUT2D eigenvalue weighted by Crippen LogP contribution is 2.26. The maximum Gasteiger partial charge on any atom is 0.330 e. The number of nitrogens with one attached hydrogen (secondary N) is 1. The van der Waals surface area contributed by atoms with E-state index in [9.17, 15) is 14.4 Å². The molecule has 1 aromatic carbocycles. The Morgan fingerprint density at radius 2 is 1.94 bits per heavy atom. The molecule has 0 aliphatic heterocycles. The third kappa shape index (κ3) is 5.02. The summed E-state index contributed by atoms with van der Waals surface area (Å²) in [5.41, 5.74) is 4.68. The zero-order valence-electron chi connectivity index (χ0n) is 18.0. The minimum absolute atomic E-state index is 0.0691. The molecule has 0 spiro atoms. The number of furan rings is 1. The van der Waals surface area contributed by atoms with Crippen molar-refractivity contribution >= 4 is 17.4 Å². The summed E-state index contributed by atoms with van der Waals surface area (Å²) in [5, 5.41) is 0. The van der Waals surface area contributed by atoms with Crippen molar-refractivity contribution in [3.63, 3.8) is 0 Å². The van der Waals surface area contributed by atoms with Gasteiger partial charge in [-0.25, -0.2) is 4.79 Å². The Hall–Kier alpha value is -3.95. The molecule has 10 heteroatoms. The Morgan fingerprint density at radius 1 is 1.19 bits per heavy atom. The lowest BCUT2D eigenvalue weighted by atomic mass is 10.3. The van der Waals surface area contributed by atoms with Crippen molar-refractivity contribution in [3.05, 3.63) is 69.3 Å². The van der Waals surface area contributed by atoms with E-state index in [4.69, 9.17) is 19.6 Å². The van der Waals surface area contributed by atoms with E-state index in [1.807, 2.05) is 6.92 Å². The number of para-hydroxylation sites is 2. The predicted octanol–water partition coefficient (Wildman–Crippen LogP) is 2.13. The fraction of sp³-hybridized carbons (Fsp3) is 0.318. The van der Waals surface area contributed by atoms with Crippen LogP contribution in [0, 0.1) is 0 Å². The van der Waals surface area contributed by atoms with Crippen molar-refractivity contribution in [2.24, 2.45) is 0 Å². The Morgan fingerprint density at radius 3 is 2.59 bits per heavy atom. The topological polar surface area (TPSA) is 133 Å². The first-order valence-electron chi connectivity index (χ1n) is 10.2. The van der Waals surface area contributed by atoms with Gasteiger partial charge in [-0.1, -0.05) is 25.5 Å². The van der Waals surface area contributed by atoms with E-state index in [2.05, 4.69) is 4.98 Å². The number of methoxy groups -OCH3 is 1. The molecular formula is C22H26N4O6. The minimum Gasteiger partial charge on any atom is -0.493 e. The molecule has 170 valence electrons. The van der Waals surface area contributed by atoms with Crippen LogP contribution in [0.2, 0.25) is 0 Å². The van der Waals surface area contributed by atoms with Gasteiger partial charge in [0.25, 0.3) is 11.5 Å². The van der Waals surface area contributed by atoms with Crippen molar-refractivity contribution in [1.29, 1.82) is 0 Å². The van der Waals surface area contributed by atoms with E-state index in [0.717, 1.165) is 11.3 Å². The maximum atomic E-state index is 13.2. The zero-order valence-corrected chi connectivity index (χ0v) is 18.0. The summed E-state index contributed by atoms with van der Waals surface area (Å²) in [4.78, 5) is 41.6. The number of rotatable bonds is 10. The summed E-state index contributed by atoms with van der Waals surface area (Å²) in [7, 11) is 1.49. The molecule has 0 saturated carbocycles. The summed E-state index contributed by atoms with van der Waals surface area (Å²) < 4.78 is 17.5. The normalized spacial score (nSPS) is 10.7. The van der Waals surface area contributed by atoms with Crippen molar-refractivity contribution in [2.75, 3.05) is 24.4 Å². The number of anilines is 2. The largest absolute Gasteiger partial charge is 0.493 e. The molecule has 32 heavy (non-hydrogen) atoms. The second-order valence-electron chi connectivity index (χ2n) is 7.00. The zero-order chi connectivity index (χ0) is 23.1. The van der Waals surface area contributed by atoms with Crippen molar-refractivity contribution in [2.45, 2.75) is 32.9 Å². The van der Waals surface area contributed by atoms with Gasteiger partial charge in [0.1, 0.15) is 11.6 Å². The lowest BCUT2D eigenvalue weighted by molar-refractivity contribution is -0.120. The van der Waals surface area contributed by atoms with Crippen LogP contribution >= 0.6 is 0 Å². The highest BCUT2D eigenvalue weighted by molar-refractivity contribution is 5.96. The number of H-pyrrole nitrogens is 1. The first kappa shape index (κ1) is 22.7. The molecule has 1 amide bonds. The molecule has 2 heterocycles. The fourth-order valence-corrected chi connectivity index (χ4v) is 3.18. The number of carbonyl (C=O) groups excluding carboxylic acids is 1. The molecule has 3 N–H and O–H groups in total. The third-order valence-corrected chi connectivity index (χ3v) is 4.83. The number of hydrogen-bond acceptors (Lipinski definition) is 7. The second-order valence-corrected chi connectivity index (χ2v) is 7.00. The Balaban J connectivity index is 1.97. The van der Waals surface area contributed by atoms with Gasteiger partial charge in [0.2, 0.25) is 0 Å². The summed E-state index contributed by atoms with van der Waals surface area (Å²) >= 11 is 0. The fourth-order valence-electron chi connectivity index (χ4n) is 3.18. The molecule has 0 radical (unpaired) electrons. The number of aromatic nitrogens is 2. The van der Waals surface area contributed by atoms with Gasteiger partial charge >= 0.3 is 5.69 Å². The molecule has 0 aliphatic rings. The van der Waals surface area contributed by atoms with Crippen LogP contribution in [0.1, 0.15) is 25.5 Å². The standard InChI is InChI=1S/C22H26N4O6/c1-3-4-11-25-20(23)19(21(28)24-22(25)29)26(13-15-8-7-12-31-15)18(27)14-32-17-10-6-5-9-16(17)30-2/h5-10,12H,3-4,11,13-14,23H2,1-2H3,(H,24,28,29). The number of hydrogen-bond donors (Lipinski definition) is 2. The molecule has 0 bridgehead atoms. The van der Waals surface area contributed by atoms with Crippen molar-refractivity contribution in [1.82, 2.24) is 9.55 Å². The van der Waals surface area contributed by atoms with E-state index < -0.39 is 23.8 Å². The number of benzene rings is 1. The SMILES string of the molecule is CCCCn1c(N)c(N(Cc2ccco2)C(=O)COc2ccccc2OC)c(=O)[nH]c1=O. The summed E-state index contributed by atoms with van der Waals surface area (Å²) in [6.45, 7) is 1.82. The van der Waals surface area contributed by atoms with Gasteiger partial charge in [0.15, 0.2) is 23.8 Å². The Bertz CT molecular complexity index is 1170. The number of aromatic amines is 1. The van der Waals surface area contributed by atoms with Crippen LogP contribution in [0.3, 0.4) is 0 Å². The number of nitrogen functional groups attached to an aromatic ring is 1. The molecule has 0 unspecified atom stereocenters. The Labute approximate surface area is 184 Å². The molecular weight excluding hydrogens is 416 g/mol. The van der Waals surface area contributed by atoms with Crippen LogP contribution in [0.5, 0.6) is 11.5 Å². The van der Waals surface area contributed by atoms with Gasteiger partial charge in [-0.15, -0.1) is 0 Å². The van der Waals surface area contributed by atoms with E-state index in [1.54, 1.807) is 36.4 Å². The Kier molecular flexibility index (Phi) is 7.37. The van der Waals surface area contributed by atoms with Gasteiger partial charge in [-0.3, -0.25) is 24.0 Å². The molecule has 0 saturated heterocycles. The number of amides is 1. The van der Waals surface area contributed by atoms with Crippen LogP contribution < -0.4 is 31.4 Å². The predicted molar refractivity (Wildman–Crippen MR) is 119 cm³/mol. The average molecular weight is 442 g/mol. The smallest absolute Gasteiger partial charge is 0.330 e. The second kappa shape index (κ2) is 10.4. The van der Waals surface area contributed by atoms with Gasteiger partial charge < -0.3 is 19.6 Å². The molecule has 0 atom stereocenters. The first-order valence-corrected chi connectivity index (χ1v) is 10.2. The van der Waals surface area contributed by atoms with Gasteiger partial charge in [0.05, 0.1) is 19.9 Å². The highest BCUT2D eigenvalue weighted by Gasteiger charge is 2.26. The van der Waals surface area contributed by atoms with E-state index in [-0.39, 0.29) is 18.1 Å². The lowest BCUT2D eigenvalue weighted by Crippen LogP contribution is -2.42. The number of unbranched alkanes of at least 4 members (excludes halogenated alkanes) is 1. The van der Waals surface area contributed by atoms with Crippen LogP contribution in [0.4, 0.5) is 11.5 Å². The van der Waals surface area contributed by atoms with E-state index in [0.29, 0.717) is 30.2 Å². The number of nitrogens with zero attached hydrogens (tertiary/aromatic N) is 2. The number of nitrogens with two attached hydrogens (primary N) is 1. The molecule has 3 rings (SSSR count). The monoisotopic (exact) mass is 442 g/mol. The van der Waals surface area contributed by atoms with Crippen LogP contribution in [0.25, 0.3) is 0 Å². The van der Waals surface area contributed by atoms with E-state index in [1.165, 1.54) is 17.9 Å². The molecule has 10 nitrogen and oxygen atoms in total. The van der Waals surface area contributed by atoms with Crippen molar-refractivity contribution in [3.8, 4) is 11.5 Å². The summed E-state index contributed by atoms with van der Waals surface area (Å²) in [6.07, 6.45) is 2.96. The molecule has 0 fully saturated rings. The third-order valence-electron chi connectivity index (χ3n) is 4.83. The van der Waals surface area contributed by atoms with Gasteiger partial charge in [-0.05, 0) is 30.7 Å². The van der Waals surface area contributed by atoms with Crippen LogP contribution in [-0.2, 0) is 17.9 Å². The number of carbonyl (C=O) groups is 1. The summed E-state index contributed by atoms with van der Waals surface area (Å²) in [6, 6.07) is 10.2. The lowest BCUT2D eigenvalue weighted by Gasteiger charge is -2.24. The quantitative estimate of drug-likeness (QED) is 0.491. The molecule has 2 aromatic heterocycles. The molecule has 0 aliphatic carbocycles. The van der Waals surface area contributed by atoms with Gasteiger partial charge in [-0.2, -0.15) is 0 Å². The molecule has 3 aromatic rings. The number of ether oxygens (including phenoxy) is 2. The highest BCUT2D eigenvalue weighted by atomic mass is 16.5. The van der Waals surface area contributed by atoms with Crippen LogP contribution in [-0.4, -0.2) is 29.2 Å². The van der Waals surface area contributed by atoms with Gasteiger partial charge in [0, 0.05) is 6.54 Å². The van der Waals surface area contributed by atoms with Crippen LogP contribution in [0.15, 0.2) is 56.7 Å². The first-order chi connectivity index (χ1) is 15.5. The van der Waals surface area contributed by atoms with Crippen molar-refractivity contribution < 1.29 is 18.7 Å². The minimum atomic E-state index is -0.766. The average Bonchev–Trinajstić information content (AvgIpc) is 3.30.